The molecule has 1 amide bonds. The topological polar surface area (TPSA) is 66.4 Å². The zero-order valence-corrected chi connectivity index (χ0v) is 9.91. The van der Waals surface area contributed by atoms with Crippen molar-refractivity contribution >= 4 is 17.6 Å². The standard InChI is InChI=1S/C13H15NO3/c1-7-3-8(2)13-9(6-12(16)17)5-11(15)14-10(13)4-7/h3-4,9H,5-6H2,1-2H3,(H,14,15)(H,16,17). The zero-order valence-electron chi connectivity index (χ0n) is 9.91. The van der Waals surface area contributed by atoms with Crippen LogP contribution in [-0.2, 0) is 9.59 Å². The van der Waals surface area contributed by atoms with E-state index in [1.54, 1.807) is 0 Å². The van der Waals surface area contributed by atoms with E-state index in [0.29, 0.717) is 0 Å². The van der Waals surface area contributed by atoms with Gasteiger partial charge in [-0.2, -0.15) is 0 Å². The van der Waals surface area contributed by atoms with Crippen LogP contribution in [0.25, 0.3) is 0 Å². The predicted molar refractivity (Wildman–Crippen MR) is 64.2 cm³/mol. The molecule has 0 bridgehead atoms. The molecule has 2 N–H and O–H groups in total. The summed E-state index contributed by atoms with van der Waals surface area (Å²) < 4.78 is 0. The van der Waals surface area contributed by atoms with Gasteiger partial charge in [0.05, 0.1) is 6.42 Å². The second kappa shape index (κ2) is 4.20. The molecule has 0 aliphatic carbocycles. The summed E-state index contributed by atoms with van der Waals surface area (Å²) in [7, 11) is 0. The first-order valence-corrected chi connectivity index (χ1v) is 5.60. The number of benzene rings is 1. The Kier molecular flexibility index (Phi) is 2.88. The highest BCUT2D eigenvalue weighted by Crippen LogP contribution is 2.37. The Hall–Kier alpha value is -1.84. The van der Waals surface area contributed by atoms with Crippen molar-refractivity contribution in [2.45, 2.75) is 32.6 Å². The molecular formula is C13H15NO3. The smallest absolute Gasteiger partial charge is 0.303 e. The lowest BCUT2D eigenvalue weighted by Crippen LogP contribution is -2.25. The summed E-state index contributed by atoms with van der Waals surface area (Å²) in [5.41, 5.74) is 3.85. The number of aryl methyl sites for hydroxylation is 2. The number of rotatable bonds is 2. The largest absolute Gasteiger partial charge is 0.481 e. The van der Waals surface area contributed by atoms with Gasteiger partial charge in [0.15, 0.2) is 0 Å². The van der Waals surface area contributed by atoms with E-state index < -0.39 is 5.97 Å². The number of hydrogen-bond acceptors (Lipinski definition) is 2. The molecule has 17 heavy (non-hydrogen) atoms. The monoisotopic (exact) mass is 233 g/mol. The molecule has 0 radical (unpaired) electrons. The molecule has 0 saturated heterocycles. The van der Waals surface area contributed by atoms with Crippen LogP contribution < -0.4 is 5.32 Å². The summed E-state index contributed by atoms with van der Waals surface area (Å²) in [5, 5.41) is 11.7. The van der Waals surface area contributed by atoms with E-state index in [1.807, 2.05) is 26.0 Å². The van der Waals surface area contributed by atoms with Gasteiger partial charge in [0.25, 0.3) is 0 Å². The molecule has 1 aliphatic rings. The molecular weight excluding hydrogens is 218 g/mol. The van der Waals surface area contributed by atoms with Crippen molar-refractivity contribution in [2.24, 2.45) is 0 Å². The van der Waals surface area contributed by atoms with E-state index in [1.165, 1.54) is 0 Å². The number of aliphatic carboxylic acids is 1. The van der Waals surface area contributed by atoms with Gasteiger partial charge in [-0.25, -0.2) is 0 Å². The van der Waals surface area contributed by atoms with Crippen molar-refractivity contribution in [3.63, 3.8) is 0 Å². The number of carbonyl (C=O) groups excluding carboxylic acids is 1. The molecule has 0 spiro atoms. The van der Waals surface area contributed by atoms with Gasteiger partial charge in [-0.3, -0.25) is 9.59 Å². The molecule has 1 aromatic carbocycles. The van der Waals surface area contributed by atoms with Crippen LogP contribution in [0.4, 0.5) is 5.69 Å². The molecule has 0 fully saturated rings. The molecule has 1 unspecified atom stereocenters. The molecule has 1 aliphatic heterocycles. The number of carboxylic acids is 1. The summed E-state index contributed by atoms with van der Waals surface area (Å²) in [6, 6.07) is 3.92. The molecule has 4 nitrogen and oxygen atoms in total. The van der Waals surface area contributed by atoms with Crippen LogP contribution in [0.1, 0.15) is 35.4 Å². The summed E-state index contributed by atoms with van der Waals surface area (Å²) >= 11 is 0. The highest BCUT2D eigenvalue weighted by Gasteiger charge is 2.28. The lowest BCUT2D eigenvalue weighted by Gasteiger charge is -2.26. The lowest BCUT2D eigenvalue weighted by molar-refractivity contribution is -0.137. The lowest BCUT2D eigenvalue weighted by atomic mass is 9.84. The molecule has 2 rings (SSSR count). The molecule has 4 heteroatoms. The van der Waals surface area contributed by atoms with Crippen molar-refractivity contribution < 1.29 is 14.7 Å². The predicted octanol–water partition coefficient (Wildman–Crippen LogP) is 2.20. The van der Waals surface area contributed by atoms with Crippen LogP contribution in [0.15, 0.2) is 12.1 Å². The molecule has 1 heterocycles. The highest BCUT2D eigenvalue weighted by molar-refractivity contribution is 5.95. The normalized spacial score (nSPS) is 18.5. The Balaban J connectivity index is 2.48. The van der Waals surface area contributed by atoms with Crippen molar-refractivity contribution in [3.05, 3.63) is 28.8 Å². The summed E-state index contributed by atoms with van der Waals surface area (Å²) in [6.45, 7) is 3.92. The Morgan fingerprint density at radius 3 is 2.82 bits per heavy atom. The number of hydrogen-bond donors (Lipinski definition) is 2. The van der Waals surface area contributed by atoms with Gasteiger partial charge in [-0.15, -0.1) is 0 Å². The summed E-state index contributed by atoms with van der Waals surface area (Å²) in [5.74, 6) is -1.18. The minimum Gasteiger partial charge on any atom is -0.481 e. The van der Waals surface area contributed by atoms with Crippen LogP contribution in [0, 0.1) is 13.8 Å². The van der Waals surface area contributed by atoms with Crippen LogP contribution in [0.3, 0.4) is 0 Å². The summed E-state index contributed by atoms with van der Waals surface area (Å²) in [6.07, 6.45) is 0.257. The SMILES string of the molecule is Cc1cc(C)c2c(c1)NC(=O)CC2CC(=O)O. The van der Waals surface area contributed by atoms with Crippen LogP contribution in [-0.4, -0.2) is 17.0 Å². The van der Waals surface area contributed by atoms with Gasteiger partial charge < -0.3 is 10.4 Å². The number of anilines is 1. The van der Waals surface area contributed by atoms with Gasteiger partial charge in [0, 0.05) is 18.0 Å². The first kappa shape index (κ1) is 11.6. The zero-order chi connectivity index (χ0) is 12.6. The Morgan fingerprint density at radius 1 is 1.47 bits per heavy atom. The first-order chi connectivity index (χ1) is 7.97. The van der Waals surface area contributed by atoms with Crippen LogP contribution in [0.5, 0.6) is 0 Å². The molecule has 1 aromatic rings. The van der Waals surface area contributed by atoms with Crippen molar-refractivity contribution in [2.75, 3.05) is 5.32 Å². The third-order valence-electron chi connectivity index (χ3n) is 3.07. The Morgan fingerprint density at radius 2 is 2.18 bits per heavy atom. The van der Waals surface area contributed by atoms with Gasteiger partial charge in [-0.1, -0.05) is 6.07 Å². The maximum absolute atomic E-state index is 11.5. The van der Waals surface area contributed by atoms with Crippen molar-refractivity contribution in [1.29, 1.82) is 0 Å². The second-order valence-corrected chi connectivity index (χ2v) is 4.59. The Bertz CT molecular complexity index is 494. The van der Waals surface area contributed by atoms with E-state index >= 15 is 0 Å². The average molecular weight is 233 g/mol. The first-order valence-electron chi connectivity index (χ1n) is 5.60. The number of carboxylic acid groups (broad SMARTS) is 1. The maximum atomic E-state index is 11.5. The Labute approximate surface area is 99.6 Å². The van der Waals surface area contributed by atoms with E-state index in [0.717, 1.165) is 22.4 Å². The van der Waals surface area contributed by atoms with E-state index in [4.69, 9.17) is 5.11 Å². The number of amides is 1. The van der Waals surface area contributed by atoms with Crippen molar-refractivity contribution in [1.82, 2.24) is 0 Å². The van der Waals surface area contributed by atoms with Gasteiger partial charge >= 0.3 is 5.97 Å². The van der Waals surface area contributed by atoms with Gasteiger partial charge in [0.2, 0.25) is 5.91 Å². The highest BCUT2D eigenvalue weighted by atomic mass is 16.4. The number of fused-ring (bicyclic) bond motifs is 1. The minimum atomic E-state index is -0.865. The minimum absolute atomic E-state index is 0.00429. The third-order valence-corrected chi connectivity index (χ3v) is 3.07. The second-order valence-electron chi connectivity index (χ2n) is 4.59. The summed E-state index contributed by atoms with van der Waals surface area (Å²) in [4.78, 5) is 22.4. The molecule has 0 aromatic heterocycles. The molecule has 1 atom stereocenters. The van der Waals surface area contributed by atoms with Crippen LogP contribution in [0.2, 0.25) is 0 Å². The van der Waals surface area contributed by atoms with E-state index in [-0.39, 0.29) is 24.7 Å². The average Bonchev–Trinajstić information content (AvgIpc) is 2.13. The fourth-order valence-corrected chi connectivity index (χ4v) is 2.54. The van der Waals surface area contributed by atoms with E-state index in [2.05, 4.69) is 5.32 Å². The van der Waals surface area contributed by atoms with Gasteiger partial charge in [0.1, 0.15) is 0 Å². The number of carbonyl (C=O) groups is 2. The fraction of sp³-hybridized carbons (Fsp3) is 0.385. The third kappa shape index (κ3) is 2.30. The quantitative estimate of drug-likeness (QED) is 0.823. The van der Waals surface area contributed by atoms with E-state index in [9.17, 15) is 9.59 Å². The molecule has 0 saturated carbocycles. The molecule has 90 valence electrons. The van der Waals surface area contributed by atoms with Gasteiger partial charge in [-0.05, 0) is 36.6 Å². The van der Waals surface area contributed by atoms with Crippen LogP contribution >= 0.6 is 0 Å². The fourth-order valence-electron chi connectivity index (χ4n) is 2.54. The van der Waals surface area contributed by atoms with Crippen molar-refractivity contribution in [3.8, 4) is 0 Å². The number of nitrogens with one attached hydrogen (secondary N) is 1. The maximum Gasteiger partial charge on any atom is 0.303 e.